The highest BCUT2D eigenvalue weighted by atomic mass is 16.5. The summed E-state index contributed by atoms with van der Waals surface area (Å²) in [5.74, 6) is -0.723. The molecule has 0 spiro atoms. The molecule has 0 saturated heterocycles. The molecule has 12 heteroatoms. The second kappa shape index (κ2) is 16.6. The van der Waals surface area contributed by atoms with Gasteiger partial charge in [0, 0.05) is 18.0 Å². The van der Waals surface area contributed by atoms with Gasteiger partial charge in [-0.05, 0) is 30.5 Å². The fraction of sp³-hybridized carbons (Fsp3) is 0.419. The first kappa shape index (κ1) is 32.8. The van der Waals surface area contributed by atoms with Crippen LogP contribution in [0.15, 0.2) is 54.6 Å². The van der Waals surface area contributed by atoms with Crippen LogP contribution in [0, 0.1) is 18.8 Å². The van der Waals surface area contributed by atoms with E-state index >= 15 is 0 Å². The third kappa shape index (κ3) is 11.2. The monoisotopic (exact) mass is 591 g/mol. The number of aromatic nitrogens is 3. The SMILES string of the molecule is Cc1ccc(CNC(=O)[C@@H](Nc2nc(OCCNC(=O)c3ccccc3)nc(OCCNC(=O)C(C)C)n2)C(C)C)cc1. The molecule has 3 rings (SSSR count). The highest BCUT2D eigenvalue weighted by Gasteiger charge is 2.24. The summed E-state index contributed by atoms with van der Waals surface area (Å²) < 4.78 is 11.4. The number of nitrogens with one attached hydrogen (secondary N) is 4. The highest BCUT2D eigenvalue weighted by Crippen LogP contribution is 2.16. The largest absolute Gasteiger partial charge is 0.461 e. The second-order valence-corrected chi connectivity index (χ2v) is 10.6. The van der Waals surface area contributed by atoms with E-state index in [0.717, 1.165) is 11.1 Å². The van der Waals surface area contributed by atoms with E-state index in [1.54, 1.807) is 38.1 Å². The number of anilines is 1. The van der Waals surface area contributed by atoms with Gasteiger partial charge < -0.3 is 30.7 Å². The van der Waals surface area contributed by atoms with Crippen LogP contribution in [0.5, 0.6) is 12.0 Å². The normalized spacial score (nSPS) is 11.5. The zero-order valence-electron chi connectivity index (χ0n) is 25.3. The maximum Gasteiger partial charge on any atom is 0.324 e. The lowest BCUT2D eigenvalue weighted by Gasteiger charge is -2.22. The fourth-order valence-corrected chi connectivity index (χ4v) is 3.73. The lowest BCUT2D eigenvalue weighted by Crippen LogP contribution is -2.43. The van der Waals surface area contributed by atoms with E-state index in [9.17, 15) is 14.4 Å². The number of carbonyl (C=O) groups is 3. The highest BCUT2D eigenvalue weighted by molar-refractivity contribution is 5.94. The van der Waals surface area contributed by atoms with Gasteiger partial charge in [-0.1, -0.05) is 75.7 Å². The van der Waals surface area contributed by atoms with Crippen LogP contribution in [0.4, 0.5) is 5.95 Å². The van der Waals surface area contributed by atoms with Crippen LogP contribution in [0.2, 0.25) is 0 Å². The van der Waals surface area contributed by atoms with Crippen LogP contribution in [0.1, 0.15) is 49.2 Å². The molecule has 3 amide bonds. The number of aryl methyl sites for hydroxylation is 1. The van der Waals surface area contributed by atoms with Crippen LogP contribution in [0.3, 0.4) is 0 Å². The van der Waals surface area contributed by atoms with E-state index in [1.807, 2.05) is 51.1 Å². The number of benzene rings is 2. The van der Waals surface area contributed by atoms with E-state index in [2.05, 4.69) is 36.2 Å². The average molecular weight is 592 g/mol. The summed E-state index contributed by atoms with van der Waals surface area (Å²) in [4.78, 5) is 50.1. The molecule has 0 bridgehead atoms. The topological polar surface area (TPSA) is 156 Å². The number of hydrogen-bond donors (Lipinski definition) is 4. The van der Waals surface area contributed by atoms with Gasteiger partial charge >= 0.3 is 12.0 Å². The summed E-state index contributed by atoms with van der Waals surface area (Å²) in [6.45, 7) is 10.4. The first-order valence-corrected chi connectivity index (χ1v) is 14.3. The van der Waals surface area contributed by atoms with Crippen LogP contribution in [0.25, 0.3) is 0 Å². The first-order chi connectivity index (χ1) is 20.6. The number of carbonyl (C=O) groups excluding carboxylic acids is 3. The summed E-state index contributed by atoms with van der Waals surface area (Å²) in [7, 11) is 0. The number of ether oxygens (including phenoxy) is 2. The van der Waals surface area contributed by atoms with Crippen molar-refractivity contribution in [3.8, 4) is 12.0 Å². The first-order valence-electron chi connectivity index (χ1n) is 14.3. The Morgan fingerprint density at radius 3 is 1.93 bits per heavy atom. The smallest absolute Gasteiger partial charge is 0.324 e. The average Bonchev–Trinajstić information content (AvgIpc) is 2.99. The molecule has 0 fully saturated rings. The molecule has 0 radical (unpaired) electrons. The van der Waals surface area contributed by atoms with E-state index in [0.29, 0.717) is 12.1 Å². The minimum absolute atomic E-state index is 0.0396. The molecule has 0 unspecified atom stereocenters. The molecule has 1 heterocycles. The van der Waals surface area contributed by atoms with Crippen molar-refractivity contribution in [2.75, 3.05) is 31.6 Å². The third-order valence-corrected chi connectivity index (χ3v) is 6.23. The van der Waals surface area contributed by atoms with Gasteiger partial charge in [-0.15, -0.1) is 4.98 Å². The molecule has 43 heavy (non-hydrogen) atoms. The molecule has 1 atom stereocenters. The van der Waals surface area contributed by atoms with Crippen molar-refractivity contribution in [2.24, 2.45) is 11.8 Å². The van der Waals surface area contributed by atoms with Crippen LogP contribution in [-0.4, -0.2) is 65.0 Å². The fourth-order valence-electron chi connectivity index (χ4n) is 3.73. The predicted octanol–water partition coefficient (Wildman–Crippen LogP) is 2.89. The van der Waals surface area contributed by atoms with E-state index in [1.165, 1.54) is 0 Å². The number of rotatable bonds is 16. The molecule has 2 aromatic carbocycles. The van der Waals surface area contributed by atoms with E-state index < -0.39 is 6.04 Å². The molecule has 3 aromatic rings. The van der Waals surface area contributed by atoms with Gasteiger partial charge in [-0.3, -0.25) is 14.4 Å². The van der Waals surface area contributed by atoms with Crippen molar-refractivity contribution < 1.29 is 23.9 Å². The van der Waals surface area contributed by atoms with E-state index in [-0.39, 0.29) is 73.8 Å². The van der Waals surface area contributed by atoms with E-state index in [4.69, 9.17) is 9.47 Å². The van der Waals surface area contributed by atoms with Gasteiger partial charge in [0.2, 0.25) is 17.8 Å². The molecule has 12 nitrogen and oxygen atoms in total. The Balaban J connectivity index is 1.66. The van der Waals surface area contributed by atoms with Crippen LogP contribution < -0.4 is 30.7 Å². The van der Waals surface area contributed by atoms with Gasteiger partial charge in [0.25, 0.3) is 5.91 Å². The second-order valence-electron chi connectivity index (χ2n) is 10.6. The Morgan fingerprint density at radius 1 is 0.744 bits per heavy atom. The molecular formula is C31H41N7O5. The maximum absolute atomic E-state index is 13.1. The van der Waals surface area contributed by atoms with Gasteiger partial charge in [0.05, 0.1) is 13.1 Å². The lowest BCUT2D eigenvalue weighted by atomic mass is 10.0. The summed E-state index contributed by atoms with van der Waals surface area (Å²) in [5.41, 5.74) is 2.66. The Labute approximate surface area is 252 Å². The Hall–Kier alpha value is -4.74. The van der Waals surface area contributed by atoms with Crippen LogP contribution in [-0.2, 0) is 16.1 Å². The van der Waals surface area contributed by atoms with Crippen molar-refractivity contribution in [1.29, 1.82) is 0 Å². The van der Waals surface area contributed by atoms with Gasteiger partial charge in [-0.2, -0.15) is 9.97 Å². The standard InChI is InChI=1S/C31H41N7O5/c1-20(2)25(28(41)34-19-23-13-11-22(5)12-14-23)35-29-36-30(42-17-15-32-26(39)21(3)4)38-31(37-29)43-18-16-33-27(40)24-9-7-6-8-10-24/h6-14,20-21,25H,15-19H2,1-5H3,(H,32,39)(H,33,40)(H,34,41)(H,35,36,37,38)/t25-/m0/s1. The van der Waals surface area contributed by atoms with Gasteiger partial charge in [0.1, 0.15) is 19.3 Å². The van der Waals surface area contributed by atoms with Crippen molar-refractivity contribution in [3.63, 3.8) is 0 Å². The number of hydrogen-bond acceptors (Lipinski definition) is 9. The molecule has 0 aliphatic carbocycles. The molecule has 0 saturated carbocycles. The molecular weight excluding hydrogens is 550 g/mol. The zero-order chi connectivity index (χ0) is 31.2. The lowest BCUT2D eigenvalue weighted by molar-refractivity contribution is -0.124. The Morgan fingerprint density at radius 2 is 1.35 bits per heavy atom. The number of amides is 3. The molecule has 0 aliphatic rings. The minimum atomic E-state index is -0.663. The quantitative estimate of drug-likeness (QED) is 0.184. The van der Waals surface area contributed by atoms with Crippen LogP contribution >= 0.6 is 0 Å². The molecule has 4 N–H and O–H groups in total. The van der Waals surface area contributed by atoms with Crippen molar-refractivity contribution in [1.82, 2.24) is 30.9 Å². The van der Waals surface area contributed by atoms with Gasteiger partial charge in [0.15, 0.2) is 0 Å². The molecule has 230 valence electrons. The Kier molecular flexibility index (Phi) is 12.7. The zero-order valence-corrected chi connectivity index (χ0v) is 25.3. The third-order valence-electron chi connectivity index (χ3n) is 6.23. The molecule has 1 aromatic heterocycles. The van der Waals surface area contributed by atoms with Crippen molar-refractivity contribution in [2.45, 2.75) is 47.2 Å². The summed E-state index contributed by atoms with van der Waals surface area (Å²) in [6, 6.07) is 16.0. The minimum Gasteiger partial charge on any atom is -0.461 e. The predicted molar refractivity (Wildman–Crippen MR) is 163 cm³/mol. The van der Waals surface area contributed by atoms with Gasteiger partial charge in [-0.25, -0.2) is 0 Å². The number of nitrogens with zero attached hydrogens (tertiary/aromatic N) is 3. The molecule has 0 aliphatic heterocycles. The maximum atomic E-state index is 13.1. The van der Waals surface area contributed by atoms with Crippen molar-refractivity contribution >= 4 is 23.7 Å². The summed E-state index contributed by atoms with van der Waals surface area (Å²) >= 11 is 0. The summed E-state index contributed by atoms with van der Waals surface area (Å²) in [6.07, 6.45) is 0. The van der Waals surface area contributed by atoms with Crippen molar-refractivity contribution in [3.05, 3.63) is 71.3 Å². The Bertz CT molecular complexity index is 1330. The summed E-state index contributed by atoms with van der Waals surface area (Å²) in [5, 5.41) is 11.6.